The van der Waals surface area contributed by atoms with Crippen molar-refractivity contribution in [3.05, 3.63) is 59.7 Å². The van der Waals surface area contributed by atoms with Gasteiger partial charge >= 0.3 is 7.12 Å². The second-order valence-electron chi connectivity index (χ2n) is 13.2. The first-order valence-electron chi connectivity index (χ1n) is 18.4. The molecule has 0 fully saturated rings. The van der Waals surface area contributed by atoms with Gasteiger partial charge in [-0.2, -0.15) is 0 Å². The van der Waals surface area contributed by atoms with Gasteiger partial charge in [-0.15, -0.1) is 0 Å². The summed E-state index contributed by atoms with van der Waals surface area (Å²) in [5.41, 5.74) is 26.0. The summed E-state index contributed by atoms with van der Waals surface area (Å²) in [7, 11) is -2.06. The van der Waals surface area contributed by atoms with E-state index >= 15 is 0 Å². The maximum Gasteiger partial charge on any atom is 0.490 e. The Bertz CT molecular complexity index is 1480. The number of aliphatic hydroxyl groups excluding tert-OH is 1. The number of aryl methyl sites for hydroxylation is 1. The average molecular weight is 756 g/mol. The van der Waals surface area contributed by atoms with Crippen LogP contribution in [0.1, 0.15) is 81.1 Å². The van der Waals surface area contributed by atoms with Crippen LogP contribution in [-0.2, 0) is 25.6 Å². The van der Waals surface area contributed by atoms with E-state index in [-0.39, 0.29) is 12.8 Å². The number of nitrogens with two attached hydrogens (primary N) is 4. The predicted molar refractivity (Wildman–Crippen MR) is 206 cm³/mol. The fourth-order valence-electron chi connectivity index (χ4n) is 5.39. The number of nitrogens with one attached hydrogen (secondary N) is 5. The maximum absolute atomic E-state index is 13.5. The first-order valence-corrected chi connectivity index (χ1v) is 18.4. The van der Waals surface area contributed by atoms with Gasteiger partial charge in [0.05, 0.1) is 6.10 Å². The highest BCUT2D eigenvalue weighted by molar-refractivity contribution is 6.43. The van der Waals surface area contributed by atoms with Crippen molar-refractivity contribution in [2.45, 2.75) is 108 Å². The molecule has 0 spiro atoms. The summed E-state index contributed by atoms with van der Waals surface area (Å²) in [4.78, 5) is 65.6. The van der Waals surface area contributed by atoms with Gasteiger partial charge in [-0.3, -0.25) is 24.0 Å². The summed E-state index contributed by atoms with van der Waals surface area (Å²) in [6.07, 6.45) is 2.28. The van der Waals surface area contributed by atoms with E-state index in [1.807, 2.05) is 24.3 Å². The lowest BCUT2D eigenvalue weighted by atomic mass is 9.86. The van der Waals surface area contributed by atoms with Gasteiger partial charge in [0.15, 0.2) is 6.17 Å². The average Bonchev–Trinajstić information content (AvgIpc) is 3.15. The number of amides is 5. The maximum atomic E-state index is 13.5. The molecule has 2 aromatic carbocycles. The molecule has 298 valence electrons. The summed E-state index contributed by atoms with van der Waals surface area (Å²) >= 11 is 0. The Morgan fingerprint density at radius 3 is 1.69 bits per heavy atom. The van der Waals surface area contributed by atoms with Gasteiger partial charge in [0, 0.05) is 5.56 Å². The van der Waals surface area contributed by atoms with E-state index in [4.69, 9.17) is 22.9 Å². The molecule has 17 nitrogen and oxygen atoms in total. The van der Waals surface area contributed by atoms with Crippen LogP contribution < -0.4 is 49.5 Å². The molecule has 0 aliphatic heterocycles. The van der Waals surface area contributed by atoms with E-state index < -0.39 is 73.1 Å². The number of rotatable bonds is 24. The number of hydrogen-bond donors (Lipinski definition) is 12. The highest BCUT2D eigenvalue weighted by Gasteiger charge is 2.33. The summed E-state index contributed by atoms with van der Waals surface area (Å²) in [6.45, 7) is 4.07. The summed E-state index contributed by atoms with van der Waals surface area (Å²) < 4.78 is 0. The number of aliphatic hydroxyl groups is 1. The standard InChI is InChI=1S/C36H58BN9O8/c1-3-4-9-23-12-14-24(15-13-23)25-16-18-26(19-17-25)31(48)42-27(10-5-7-20-38)32(49)44-29(22(2)47)34(51)45-30(40)35(52)43-28(11-6-8-21-39)33(50)46-36(41)37(53)54/h12-19,22,27-30,36,47,53-54H,3-11,20-21,38-41H2,1-2H3,(H,42,48)(H,43,52)(H,44,49)(H,45,51)(H,46,50)/t22?,27-,28+,29+,30-,36-/m1/s1. The molecule has 0 saturated heterocycles. The van der Waals surface area contributed by atoms with Crippen LogP contribution in [-0.4, -0.2) is 101 Å². The largest absolute Gasteiger partial charge is 0.490 e. The van der Waals surface area contributed by atoms with Crippen LogP contribution in [0.5, 0.6) is 0 Å². The molecule has 0 aromatic heterocycles. The summed E-state index contributed by atoms with van der Waals surface area (Å²) in [6, 6.07) is 9.73. The SMILES string of the molecule is CCCCc1ccc(-c2ccc(C(=O)N[C@H](CCCCN)C(=O)N[C@H](C(=O)N[C@@H](N)C(=O)N[C@@H](CCCCN)C(=O)N[C@@H](N)B(O)O)C(C)O)cc2)cc1. The van der Waals surface area contributed by atoms with E-state index in [9.17, 15) is 39.1 Å². The number of carbonyl (C=O) groups is 5. The minimum atomic E-state index is -2.06. The first kappa shape index (κ1) is 45.7. The van der Waals surface area contributed by atoms with Crippen molar-refractivity contribution in [1.82, 2.24) is 26.6 Å². The summed E-state index contributed by atoms with van der Waals surface area (Å²) in [5.74, 6) is -4.14. The van der Waals surface area contributed by atoms with E-state index in [1.165, 1.54) is 12.5 Å². The Kier molecular flexibility index (Phi) is 20.4. The van der Waals surface area contributed by atoms with Crippen molar-refractivity contribution in [2.24, 2.45) is 22.9 Å². The molecular formula is C36H58BN9O8. The molecule has 0 bridgehead atoms. The van der Waals surface area contributed by atoms with Crippen LogP contribution in [0.15, 0.2) is 48.5 Å². The molecule has 2 aromatic rings. The van der Waals surface area contributed by atoms with Crippen molar-refractivity contribution in [3.8, 4) is 11.1 Å². The number of hydrogen-bond acceptors (Lipinski definition) is 12. The Morgan fingerprint density at radius 2 is 1.19 bits per heavy atom. The first-order chi connectivity index (χ1) is 25.7. The van der Waals surface area contributed by atoms with Crippen molar-refractivity contribution in [1.29, 1.82) is 0 Å². The van der Waals surface area contributed by atoms with E-state index in [1.54, 1.807) is 12.1 Å². The van der Waals surface area contributed by atoms with Gasteiger partial charge in [0.25, 0.3) is 11.8 Å². The third-order valence-electron chi connectivity index (χ3n) is 8.67. The van der Waals surface area contributed by atoms with Gasteiger partial charge < -0.3 is 64.7 Å². The lowest BCUT2D eigenvalue weighted by Crippen LogP contribution is -2.63. The quantitative estimate of drug-likeness (QED) is 0.0322. The molecule has 0 heterocycles. The normalized spacial score (nSPS) is 14.4. The lowest BCUT2D eigenvalue weighted by Gasteiger charge is -2.26. The van der Waals surface area contributed by atoms with E-state index in [2.05, 4.69) is 45.6 Å². The van der Waals surface area contributed by atoms with Crippen LogP contribution in [0.4, 0.5) is 0 Å². The van der Waals surface area contributed by atoms with Crippen LogP contribution in [0, 0.1) is 0 Å². The zero-order valence-corrected chi connectivity index (χ0v) is 31.1. The molecule has 2 rings (SSSR count). The second-order valence-corrected chi connectivity index (χ2v) is 13.2. The molecule has 1 unspecified atom stereocenters. The topological polar surface area (TPSA) is 310 Å². The third-order valence-corrected chi connectivity index (χ3v) is 8.67. The van der Waals surface area contributed by atoms with Gasteiger partial charge in [-0.05, 0) is 100 Å². The van der Waals surface area contributed by atoms with Crippen molar-refractivity contribution < 1.29 is 39.1 Å². The van der Waals surface area contributed by atoms with Gasteiger partial charge in [-0.25, -0.2) is 0 Å². The molecular weight excluding hydrogens is 697 g/mol. The molecule has 0 radical (unpaired) electrons. The smallest absolute Gasteiger partial charge is 0.425 e. The van der Waals surface area contributed by atoms with Crippen LogP contribution >= 0.6 is 0 Å². The highest BCUT2D eigenvalue weighted by atomic mass is 16.4. The number of carbonyl (C=O) groups excluding carboxylic acids is 5. The minimum absolute atomic E-state index is 0.0877. The highest BCUT2D eigenvalue weighted by Crippen LogP contribution is 2.21. The fraction of sp³-hybridized carbons (Fsp3) is 0.528. The van der Waals surface area contributed by atoms with Gasteiger partial charge in [-0.1, -0.05) is 49.7 Å². The Morgan fingerprint density at radius 1 is 0.667 bits per heavy atom. The second kappa shape index (κ2) is 24.1. The Hall–Kier alpha value is -4.43. The molecule has 16 N–H and O–H groups in total. The minimum Gasteiger partial charge on any atom is -0.425 e. The third kappa shape index (κ3) is 15.5. The lowest BCUT2D eigenvalue weighted by molar-refractivity contribution is -0.135. The number of benzene rings is 2. The van der Waals surface area contributed by atoms with Crippen molar-refractivity contribution in [2.75, 3.05) is 13.1 Å². The van der Waals surface area contributed by atoms with Crippen molar-refractivity contribution >= 4 is 36.7 Å². The van der Waals surface area contributed by atoms with E-state index in [0.717, 1.165) is 30.4 Å². The zero-order valence-electron chi connectivity index (χ0n) is 31.1. The van der Waals surface area contributed by atoms with Gasteiger partial charge in [0.1, 0.15) is 24.2 Å². The Balaban J connectivity index is 2.11. The van der Waals surface area contributed by atoms with Crippen LogP contribution in [0.25, 0.3) is 11.1 Å². The van der Waals surface area contributed by atoms with Gasteiger partial charge in [0.2, 0.25) is 17.7 Å². The summed E-state index contributed by atoms with van der Waals surface area (Å²) in [5, 5.41) is 40.8. The molecule has 0 aliphatic rings. The van der Waals surface area contributed by atoms with Crippen LogP contribution in [0.3, 0.4) is 0 Å². The molecule has 18 heteroatoms. The zero-order chi connectivity index (χ0) is 40.2. The molecule has 5 amide bonds. The van der Waals surface area contributed by atoms with Crippen LogP contribution in [0.2, 0.25) is 0 Å². The number of unbranched alkanes of at least 4 members (excludes halogenated alkanes) is 3. The molecule has 54 heavy (non-hydrogen) atoms. The molecule has 0 saturated carbocycles. The van der Waals surface area contributed by atoms with Crippen molar-refractivity contribution in [3.63, 3.8) is 0 Å². The predicted octanol–water partition coefficient (Wildman–Crippen LogP) is -1.78. The fourth-order valence-corrected chi connectivity index (χ4v) is 5.39. The molecule has 6 atom stereocenters. The molecule has 0 aliphatic carbocycles. The monoisotopic (exact) mass is 755 g/mol. The Labute approximate surface area is 316 Å². The van der Waals surface area contributed by atoms with E-state index in [0.29, 0.717) is 44.3 Å².